The van der Waals surface area contributed by atoms with Crippen molar-refractivity contribution in [2.45, 2.75) is 45.1 Å². The van der Waals surface area contributed by atoms with Crippen LogP contribution in [-0.4, -0.2) is 41.7 Å². The van der Waals surface area contributed by atoms with Crippen molar-refractivity contribution in [1.29, 1.82) is 0 Å². The van der Waals surface area contributed by atoms with Gasteiger partial charge >= 0.3 is 0 Å². The van der Waals surface area contributed by atoms with Gasteiger partial charge in [-0.05, 0) is 25.7 Å². The van der Waals surface area contributed by atoms with Crippen LogP contribution in [0.25, 0.3) is 0 Å². The molecule has 1 amide bonds. The van der Waals surface area contributed by atoms with Crippen LogP contribution in [0.2, 0.25) is 0 Å². The zero-order valence-electron chi connectivity index (χ0n) is 10.2. The summed E-state index contributed by atoms with van der Waals surface area (Å²) in [6, 6.07) is 0.186. The standard InChI is InChI=1S/C12H24N2O2/c1-2-14(7-8-15)12(16)9-10-5-3-4-6-11(10)13/h10-11,15H,2-9,13H2,1H3. The molecule has 1 aliphatic carbocycles. The molecule has 0 aromatic heterocycles. The fraction of sp³-hybridized carbons (Fsp3) is 0.917. The quantitative estimate of drug-likeness (QED) is 0.729. The molecular formula is C12H24N2O2. The lowest BCUT2D eigenvalue weighted by Crippen LogP contribution is -2.39. The molecule has 0 aromatic carbocycles. The van der Waals surface area contributed by atoms with E-state index in [4.69, 9.17) is 10.8 Å². The van der Waals surface area contributed by atoms with Crippen LogP contribution in [0.1, 0.15) is 39.0 Å². The van der Waals surface area contributed by atoms with Gasteiger partial charge in [-0.3, -0.25) is 4.79 Å². The maximum Gasteiger partial charge on any atom is 0.222 e. The van der Waals surface area contributed by atoms with Crippen LogP contribution in [0.15, 0.2) is 0 Å². The molecule has 0 aromatic rings. The Labute approximate surface area is 97.8 Å². The molecule has 94 valence electrons. The summed E-state index contributed by atoms with van der Waals surface area (Å²) in [6.07, 6.45) is 5.06. The molecule has 16 heavy (non-hydrogen) atoms. The third kappa shape index (κ3) is 3.76. The molecule has 1 fully saturated rings. The Morgan fingerprint density at radius 2 is 2.12 bits per heavy atom. The number of carbonyl (C=O) groups excluding carboxylic acids is 1. The molecular weight excluding hydrogens is 204 g/mol. The predicted molar refractivity (Wildman–Crippen MR) is 63.9 cm³/mol. The molecule has 2 unspecified atom stereocenters. The average Bonchev–Trinajstić information content (AvgIpc) is 2.29. The van der Waals surface area contributed by atoms with E-state index >= 15 is 0 Å². The zero-order valence-corrected chi connectivity index (χ0v) is 10.2. The second-order valence-electron chi connectivity index (χ2n) is 4.61. The van der Waals surface area contributed by atoms with Gasteiger partial charge < -0.3 is 15.7 Å². The lowest BCUT2D eigenvalue weighted by molar-refractivity contribution is -0.132. The second-order valence-corrected chi connectivity index (χ2v) is 4.61. The van der Waals surface area contributed by atoms with E-state index in [-0.39, 0.29) is 18.6 Å². The van der Waals surface area contributed by atoms with Gasteiger partial charge in [0.15, 0.2) is 0 Å². The number of nitrogens with zero attached hydrogens (tertiary/aromatic N) is 1. The predicted octanol–water partition coefficient (Wildman–Crippen LogP) is 0.735. The van der Waals surface area contributed by atoms with Crippen LogP contribution in [0.4, 0.5) is 0 Å². The number of likely N-dealkylation sites (N-methyl/N-ethyl adjacent to an activating group) is 1. The van der Waals surface area contributed by atoms with Gasteiger partial charge in [-0.25, -0.2) is 0 Å². The first-order chi connectivity index (χ1) is 7.69. The van der Waals surface area contributed by atoms with Crippen LogP contribution >= 0.6 is 0 Å². The van der Waals surface area contributed by atoms with Crippen LogP contribution in [0, 0.1) is 5.92 Å². The van der Waals surface area contributed by atoms with E-state index < -0.39 is 0 Å². The molecule has 3 N–H and O–H groups in total. The summed E-state index contributed by atoms with van der Waals surface area (Å²) in [5.74, 6) is 0.480. The fourth-order valence-electron chi connectivity index (χ4n) is 2.42. The van der Waals surface area contributed by atoms with Crippen LogP contribution < -0.4 is 5.73 Å². The lowest BCUT2D eigenvalue weighted by Gasteiger charge is -2.30. The Morgan fingerprint density at radius 3 is 2.69 bits per heavy atom. The van der Waals surface area contributed by atoms with Gasteiger partial charge in [0.25, 0.3) is 0 Å². The SMILES string of the molecule is CCN(CCO)C(=O)CC1CCCCC1N. The van der Waals surface area contributed by atoms with Crippen LogP contribution in [-0.2, 0) is 4.79 Å². The first-order valence-corrected chi connectivity index (χ1v) is 6.33. The van der Waals surface area contributed by atoms with E-state index in [2.05, 4.69) is 0 Å². The van der Waals surface area contributed by atoms with Crippen molar-refractivity contribution in [2.75, 3.05) is 19.7 Å². The summed E-state index contributed by atoms with van der Waals surface area (Å²) in [7, 11) is 0. The number of aliphatic hydroxyl groups is 1. The van der Waals surface area contributed by atoms with E-state index in [1.54, 1.807) is 4.90 Å². The highest BCUT2D eigenvalue weighted by molar-refractivity contribution is 5.76. The normalized spacial score (nSPS) is 25.4. The molecule has 0 radical (unpaired) electrons. The molecule has 0 bridgehead atoms. The highest BCUT2D eigenvalue weighted by Crippen LogP contribution is 2.26. The largest absolute Gasteiger partial charge is 0.395 e. The monoisotopic (exact) mass is 228 g/mol. The summed E-state index contributed by atoms with van der Waals surface area (Å²) in [4.78, 5) is 13.6. The Bertz CT molecular complexity index is 221. The lowest BCUT2D eigenvalue weighted by atomic mass is 9.83. The minimum absolute atomic E-state index is 0.0380. The Kier molecular flexibility index (Phi) is 5.77. The minimum Gasteiger partial charge on any atom is -0.395 e. The van der Waals surface area contributed by atoms with Gasteiger partial charge in [0.1, 0.15) is 0 Å². The number of rotatable bonds is 5. The van der Waals surface area contributed by atoms with Gasteiger partial charge in [-0.1, -0.05) is 12.8 Å². The van der Waals surface area contributed by atoms with Gasteiger partial charge in [0.2, 0.25) is 5.91 Å². The highest BCUT2D eigenvalue weighted by atomic mass is 16.3. The molecule has 0 spiro atoms. The molecule has 0 saturated heterocycles. The molecule has 0 heterocycles. The summed E-state index contributed by atoms with van der Waals surface area (Å²) >= 11 is 0. The van der Waals surface area contributed by atoms with Crippen molar-refractivity contribution in [1.82, 2.24) is 4.90 Å². The van der Waals surface area contributed by atoms with Crippen molar-refractivity contribution in [3.8, 4) is 0 Å². The topological polar surface area (TPSA) is 66.6 Å². The average molecular weight is 228 g/mol. The number of nitrogens with two attached hydrogens (primary N) is 1. The van der Waals surface area contributed by atoms with Crippen molar-refractivity contribution < 1.29 is 9.90 Å². The molecule has 1 aliphatic rings. The number of carbonyl (C=O) groups is 1. The first-order valence-electron chi connectivity index (χ1n) is 6.33. The van der Waals surface area contributed by atoms with Gasteiger partial charge in [0, 0.05) is 25.6 Å². The second kappa shape index (κ2) is 6.86. The zero-order chi connectivity index (χ0) is 12.0. The number of hydrogen-bond acceptors (Lipinski definition) is 3. The molecule has 0 aliphatic heterocycles. The third-order valence-corrected chi connectivity index (χ3v) is 3.51. The van der Waals surface area contributed by atoms with Gasteiger partial charge in [0.05, 0.1) is 6.61 Å². The summed E-state index contributed by atoms with van der Waals surface area (Å²) in [5, 5.41) is 8.86. The molecule has 2 atom stereocenters. The summed E-state index contributed by atoms with van der Waals surface area (Å²) < 4.78 is 0. The summed E-state index contributed by atoms with van der Waals surface area (Å²) in [6.45, 7) is 3.09. The molecule has 1 rings (SSSR count). The van der Waals surface area contributed by atoms with E-state index in [9.17, 15) is 4.79 Å². The van der Waals surface area contributed by atoms with Crippen LogP contribution in [0.5, 0.6) is 0 Å². The molecule has 1 saturated carbocycles. The van der Waals surface area contributed by atoms with Crippen molar-refractivity contribution >= 4 is 5.91 Å². The Hall–Kier alpha value is -0.610. The third-order valence-electron chi connectivity index (χ3n) is 3.51. The van der Waals surface area contributed by atoms with Gasteiger partial charge in [-0.2, -0.15) is 0 Å². The Balaban J connectivity index is 2.41. The first kappa shape index (κ1) is 13.5. The molecule has 4 nitrogen and oxygen atoms in total. The van der Waals surface area contributed by atoms with Crippen molar-refractivity contribution in [2.24, 2.45) is 11.7 Å². The number of amides is 1. The summed E-state index contributed by atoms with van der Waals surface area (Å²) in [5.41, 5.74) is 6.02. The Morgan fingerprint density at radius 1 is 1.44 bits per heavy atom. The number of hydrogen-bond donors (Lipinski definition) is 2. The minimum atomic E-state index is 0.0380. The van der Waals surface area contributed by atoms with E-state index in [0.717, 1.165) is 12.8 Å². The van der Waals surface area contributed by atoms with E-state index in [1.807, 2.05) is 6.92 Å². The molecule has 4 heteroatoms. The van der Waals surface area contributed by atoms with E-state index in [1.165, 1.54) is 12.8 Å². The van der Waals surface area contributed by atoms with Crippen LogP contribution in [0.3, 0.4) is 0 Å². The number of aliphatic hydroxyl groups excluding tert-OH is 1. The fourth-order valence-corrected chi connectivity index (χ4v) is 2.42. The van der Waals surface area contributed by atoms with E-state index in [0.29, 0.717) is 25.4 Å². The maximum atomic E-state index is 11.9. The maximum absolute atomic E-state index is 11.9. The van der Waals surface area contributed by atoms with Crippen molar-refractivity contribution in [3.63, 3.8) is 0 Å². The van der Waals surface area contributed by atoms with Crippen molar-refractivity contribution in [3.05, 3.63) is 0 Å². The highest BCUT2D eigenvalue weighted by Gasteiger charge is 2.25. The smallest absolute Gasteiger partial charge is 0.222 e. The van der Waals surface area contributed by atoms with Gasteiger partial charge in [-0.15, -0.1) is 0 Å².